The second-order valence-electron chi connectivity index (χ2n) is 25.1. The summed E-state index contributed by atoms with van der Waals surface area (Å²) >= 11 is 5.85. The van der Waals surface area contributed by atoms with Gasteiger partial charge >= 0.3 is 0 Å². The number of hydrogen-bond donors (Lipinski definition) is 1. The van der Waals surface area contributed by atoms with Crippen molar-refractivity contribution in [2.24, 2.45) is 17.8 Å². The van der Waals surface area contributed by atoms with Gasteiger partial charge in [0.25, 0.3) is 0 Å². The average Bonchev–Trinajstić information content (AvgIpc) is 3.35. The number of benzene rings is 5. The molecule has 4 nitrogen and oxygen atoms in total. The first-order valence-corrected chi connectivity index (χ1v) is 27.3. The molecular weight excluding hydrogens is 1140 g/mol. The SMILES string of the molecule is CC(C)(C)c1cccc(C#N)c1.CC(C)(C)c1cccc(Cl)c1.CC(C)(C)c1cccc(F)c1.CC(C)(C)c1ccccc1C#N.CC(C)(C)c1ccccc1F.O[C@H]1C[C@@H]2CCCC[C@H]2[C@H](/C=C/c2cc[c-]cn2)C1.[W]. The first kappa shape index (κ1) is 67.9. The van der Waals surface area contributed by atoms with Crippen LogP contribution >= 0.6 is 11.6 Å². The van der Waals surface area contributed by atoms with E-state index in [4.69, 9.17) is 22.1 Å². The molecule has 2 aliphatic carbocycles. The minimum Gasteiger partial charge on any atom is -0.393 e. The summed E-state index contributed by atoms with van der Waals surface area (Å²) < 4.78 is 25.8. The Kier molecular flexibility index (Phi) is 27.7. The molecule has 2 aliphatic rings. The van der Waals surface area contributed by atoms with E-state index in [9.17, 15) is 13.9 Å². The Morgan fingerprint density at radius 2 is 1.13 bits per heavy atom. The first-order valence-electron chi connectivity index (χ1n) is 26.9. The average molecular weight is 1230 g/mol. The van der Waals surface area contributed by atoms with E-state index in [1.807, 2.05) is 112 Å². The zero-order valence-corrected chi connectivity index (χ0v) is 52.5. The van der Waals surface area contributed by atoms with Crippen molar-refractivity contribution in [2.45, 2.75) is 176 Å². The van der Waals surface area contributed by atoms with E-state index in [0.29, 0.717) is 5.92 Å². The van der Waals surface area contributed by atoms with Crippen LogP contribution in [0.2, 0.25) is 5.02 Å². The van der Waals surface area contributed by atoms with Gasteiger partial charge in [0.1, 0.15) is 11.6 Å². The summed E-state index contributed by atoms with van der Waals surface area (Å²) in [4.78, 5) is 4.28. The minimum atomic E-state index is -0.155. The van der Waals surface area contributed by atoms with Crippen LogP contribution in [0.25, 0.3) is 6.08 Å². The van der Waals surface area contributed by atoms with Gasteiger partial charge in [-0.2, -0.15) is 16.6 Å². The minimum absolute atomic E-state index is 0. The molecular formula is C69H87ClF2N3OW-. The Bertz CT molecular complexity index is 2740. The molecule has 0 radical (unpaired) electrons. The first-order chi connectivity index (χ1) is 35.4. The number of aliphatic hydroxyl groups is 1. The number of aliphatic hydroxyl groups excluding tert-OH is 1. The molecule has 6 aromatic rings. The Balaban J connectivity index is 0.000000320. The fraction of sp³-hybridized carbons (Fsp3) is 0.435. The Labute approximate surface area is 483 Å². The molecule has 412 valence electrons. The van der Waals surface area contributed by atoms with Gasteiger partial charge in [0.05, 0.1) is 29.4 Å². The van der Waals surface area contributed by atoms with E-state index < -0.39 is 0 Å². The van der Waals surface area contributed by atoms with Gasteiger partial charge in [0, 0.05) is 26.1 Å². The van der Waals surface area contributed by atoms with Crippen LogP contribution in [0.5, 0.6) is 0 Å². The van der Waals surface area contributed by atoms with Crippen molar-refractivity contribution in [3.8, 4) is 12.1 Å². The summed E-state index contributed by atoms with van der Waals surface area (Å²) in [6, 6.07) is 48.3. The molecule has 8 heteroatoms. The molecule has 0 unspecified atom stereocenters. The molecule has 4 atom stereocenters. The molecule has 5 aromatic carbocycles. The van der Waals surface area contributed by atoms with Crippen LogP contribution in [0.1, 0.15) is 187 Å². The van der Waals surface area contributed by atoms with E-state index in [-0.39, 0.29) is 65.9 Å². The zero-order chi connectivity index (χ0) is 56.9. The van der Waals surface area contributed by atoms with Crippen LogP contribution in [0.3, 0.4) is 0 Å². The fourth-order valence-corrected chi connectivity index (χ4v) is 9.36. The topological polar surface area (TPSA) is 80.7 Å². The third-order valence-electron chi connectivity index (χ3n) is 13.6. The summed E-state index contributed by atoms with van der Waals surface area (Å²) in [7, 11) is 0. The van der Waals surface area contributed by atoms with Gasteiger partial charge in [-0.25, -0.2) is 20.9 Å². The van der Waals surface area contributed by atoms with Gasteiger partial charge in [0.2, 0.25) is 0 Å². The van der Waals surface area contributed by atoms with Crippen molar-refractivity contribution in [2.75, 3.05) is 0 Å². The second kappa shape index (κ2) is 31.4. The number of halogens is 3. The number of hydrogen-bond acceptors (Lipinski definition) is 4. The standard InChI is InChI=1S/C17H22NO.2C11H13N.C10H13Cl.2C10H13F.W/c19-16-11-13-5-1-2-7-17(13)14(12-16)8-9-15-6-3-4-10-18-15;1-11(2,3)10-6-4-5-9(7-10)8-12;1-11(2,3)10-7-5-4-6-9(10)8-12;2*1-10(2,3)8-5-4-6-9(11)7-8;1-10(2,3)8-6-4-5-7-9(8)11;/h3,6,8-10,13-14,16-17,19H,1-2,5,7,11-12H2;2*4-7H,1-3H3;3*4-7H,1-3H3;/q-1;;;;;;/b9-8+;;;;;;/t13-,14+,16-,17+;;;;;;/m0....../s1. The molecule has 1 N–H and O–H groups in total. The number of rotatable bonds is 2. The summed E-state index contributed by atoms with van der Waals surface area (Å²) in [5.74, 6) is 1.78. The number of fused-ring (bicyclic) bond motifs is 1. The number of nitrogens with zero attached hydrogens (tertiary/aromatic N) is 3. The van der Waals surface area contributed by atoms with E-state index in [1.54, 1.807) is 24.4 Å². The molecule has 0 saturated heterocycles. The second-order valence-corrected chi connectivity index (χ2v) is 25.6. The maximum Gasteiger partial charge on any atom is 0.126 e. The fourth-order valence-electron chi connectivity index (χ4n) is 9.17. The van der Waals surface area contributed by atoms with E-state index >= 15 is 0 Å². The normalized spacial score (nSPS) is 17.1. The van der Waals surface area contributed by atoms with Crippen LogP contribution in [-0.4, -0.2) is 16.2 Å². The molecule has 1 heterocycles. The predicted octanol–water partition coefficient (Wildman–Crippen LogP) is 19.1. The van der Waals surface area contributed by atoms with Gasteiger partial charge in [-0.1, -0.05) is 226 Å². The van der Waals surface area contributed by atoms with E-state index in [0.717, 1.165) is 63.2 Å². The molecule has 2 fully saturated rings. The number of pyridine rings is 1. The molecule has 0 bridgehead atoms. The van der Waals surface area contributed by atoms with Crippen molar-refractivity contribution in [3.63, 3.8) is 0 Å². The third-order valence-corrected chi connectivity index (χ3v) is 13.8. The van der Waals surface area contributed by atoms with Crippen LogP contribution < -0.4 is 0 Å². The Hall–Kier alpha value is -5.23. The summed E-state index contributed by atoms with van der Waals surface area (Å²) in [5, 5.41) is 28.4. The van der Waals surface area contributed by atoms with E-state index in [2.05, 4.69) is 131 Å². The number of aromatic nitrogens is 1. The maximum absolute atomic E-state index is 13.1. The van der Waals surface area contributed by atoms with Crippen molar-refractivity contribution in [1.82, 2.24) is 4.98 Å². The van der Waals surface area contributed by atoms with Crippen molar-refractivity contribution < 1.29 is 35.0 Å². The van der Waals surface area contributed by atoms with E-state index in [1.165, 1.54) is 48.9 Å². The Morgan fingerprint density at radius 1 is 0.597 bits per heavy atom. The molecule has 0 spiro atoms. The summed E-state index contributed by atoms with van der Waals surface area (Å²) in [5.41, 5.74) is 8.28. The molecule has 2 saturated carbocycles. The summed E-state index contributed by atoms with van der Waals surface area (Å²) in [6.07, 6.45) is 13.3. The van der Waals surface area contributed by atoms with Gasteiger partial charge < -0.3 is 5.11 Å². The molecule has 8 rings (SSSR count). The molecule has 1 aromatic heterocycles. The monoisotopic (exact) mass is 1230 g/mol. The molecule has 0 amide bonds. The van der Waals surface area contributed by atoms with Gasteiger partial charge in [-0.15, -0.1) is 0 Å². The van der Waals surface area contributed by atoms with Gasteiger partial charge in [-0.05, 0) is 146 Å². The maximum atomic E-state index is 13.1. The van der Waals surface area contributed by atoms with Crippen LogP contribution in [-0.2, 0) is 48.1 Å². The van der Waals surface area contributed by atoms with Crippen LogP contribution in [0.4, 0.5) is 8.78 Å². The number of allylic oxidation sites excluding steroid dienone is 1. The van der Waals surface area contributed by atoms with Crippen LogP contribution in [0, 0.1) is 58.1 Å². The van der Waals surface area contributed by atoms with Crippen molar-refractivity contribution >= 4 is 17.7 Å². The van der Waals surface area contributed by atoms with Gasteiger partial charge in [0.15, 0.2) is 0 Å². The molecule has 77 heavy (non-hydrogen) atoms. The van der Waals surface area contributed by atoms with Crippen LogP contribution in [0.15, 0.2) is 146 Å². The van der Waals surface area contributed by atoms with Crippen molar-refractivity contribution in [1.29, 1.82) is 10.5 Å². The summed E-state index contributed by atoms with van der Waals surface area (Å²) in [6.45, 7) is 31.5. The largest absolute Gasteiger partial charge is 0.393 e. The number of nitriles is 2. The predicted molar refractivity (Wildman–Crippen MR) is 316 cm³/mol. The third kappa shape index (κ3) is 24.5. The van der Waals surface area contributed by atoms with Crippen molar-refractivity contribution in [3.05, 3.63) is 213 Å². The Morgan fingerprint density at radius 3 is 1.60 bits per heavy atom. The van der Waals surface area contributed by atoms with Gasteiger partial charge in [-0.3, -0.25) is 4.98 Å². The smallest absolute Gasteiger partial charge is 0.126 e. The molecule has 0 aliphatic heterocycles. The zero-order valence-electron chi connectivity index (χ0n) is 48.8. The quantitative estimate of drug-likeness (QED) is 0.175.